The third-order valence-corrected chi connectivity index (χ3v) is 8.80. The molecule has 3 aromatic carbocycles. The number of nitro benzene ring substituents is 1. The van der Waals surface area contributed by atoms with Crippen LogP contribution in [0.25, 0.3) is 32.7 Å². The average Bonchev–Trinajstić information content (AvgIpc) is 3.72. The standard InChI is InChI=1S/C12H12FN3O4.2C12H13FN2O2/c1-5-6(4-8(14)12(17)18)10-7(13)2-3-9(16(19)20)11(10)15-5;2*1-6-7(5-9(14)12(16)17)11-8(13)3-2-4-10(11)15-6/h2-3,8,15H,4,14H2,1H3,(H,17,18);2*2-4,9,15H,5,14H2,1H3,(H,16,17). The number of aliphatic carboxylic acids is 3. The van der Waals surface area contributed by atoms with Crippen molar-refractivity contribution in [2.45, 2.75) is 58.2 Å². The molecule has 0 saturated carbocycles. The van der Waals surface area contributed by atoms with Gasteiger partial charge >= 0.3 is 17.9 Å². The van der Waals surface area contributed by atoms with Crippen LogP contribution in [0.15, 0.2) is 48.5 Å². The van der Waals surface area contributed by atoms with E-state index in [1.165, 1.54) is 12.1 Å². The number of carboxylic acids is 3. The molecule has 0 aliphatic rings. The molecule has 6 rings (SSSR count). The van der Waals surface area contributed by atoms with Crippen molar-refractivity contribution in [3.63, 3.8) is 0 Å². The van der Waals surface area contributed by atoms with Crippen LogP contribution in [-0.4, -0.2) is 71.2 Å². The second-order valence-corrected chi connectivity index (χ2v) is 12.5. The van der Waals surface area contributed by atoms with Gasteiger partial charge in [0.05, 0.1) is 4.92 Å². The predicted molar refractivity (Wildman–Crippen MR) is 194 cm³/mol. The lowest BCUT2D eigenvalue weighted by molar-refractivity contribution is -0.383. The number of nitrogens with zero attached hydrogens (tertiary/aromatic N) is 1. The number of benzene rings is 3. The van der Waals surface area contributed by atoms with Gasteiger partial charge in [0.1, 0.15) is 41.1 Å². The van der Waals surface area contributed by atoms with Crippen LogP contribution in [0.4, 0.5) is 18.9 Å². The highest BCUT2D eigenvalue weighted by atomic mass is 19.1. The zero-order chi connectivity index (χ0) is 40.2. The molecule has 0 fully saturated rings. The topological polar surface area (TPSA) is 280 Å². The summed E-state index contributed by atoms with van der Waals surface area (Å²) in [7, 11) is 0. The molecule has 0 amide bonds. The molecule has 3 heterocycles. The summed E-state index contributed by atoms with van der Waals surface area (Å²) in [5, 5.41) is 38.2. The number of hydrogen-bond acceptors (Lipinski definition) is 8. The molecule has 0 radical (unpaired) electrons. The minimum Gasteiger partial charge on any atom is -0.480 e. The van der Waals surface area contributed by atoms with Crippen LogP contribution < -0.4 is 17.2 Å². The number of nitrogens with one attached hydrogen (secondary N) is 3. The third kappa shape index (κ3) is 8.68. The summed E-state index contributed by atoms with van der Waals surface area (Å²) in [6.07, 6.45) is 0.115. The number of non-ortho nitro benzene ring substituents is 1. The van der Waals surface area contributed by atoms with Gasteiger partial charge in [-0.1, -0.05) is 12.1 Å². The fourth-order valence-corrected chi connectivity index (χ4v) is 6.08. The maximum Gasteiger partial charge on any atom is 0.320 e. The Morgan fingerprint density at radius 3 is 1.35 bits per heavy atom. The van der Waals surface area contributed by atoms with Gasteiger partial charge in [-0.2, -0.15) is 0 Å². The van der Waals surface area contributed by atoms with Crippen molar-refractivity contribution >= 4 is 56.3 Å². The van der Waals surface area contributed by atoms with Crippen LogP contribution in [0.1, 0.15) is 33.8 Å². The molecule has 3 atom stereocenters. The van der Waals surface area contributed by atoms with Gasteiger partial charge in [0.2, 0.25) is 0 Å². The van der Waals surface area contributed by atoms with E-state index in [1.54, 1.807) is 45.0 Å². The first kappa shape index (κ1) is 40.5. The Bertz CT molecular complexity index is 2280. The number of H-pyrrole nitrogens is 3. The minimum atomic E-state index is -1.22. The molecule has 0 spiro atoms. The first-order chi connectivity index (χ1) is 25.3. The number of aromatic amines is 3. The molecule has 0 aliphatic heterocycles. The lowest BCUT2D eigenvalue weighted by Gasteiger charge is -2.06. The van der Waals surface area contributed by atoms with Crippen molar-refractivity contribution < 1.29 is 47.8 Å². The summed E-state index contributed by atoms with van der Waals surface area (Å²) < 4.78 is 41.3. The van der Waals surface area contributed by atoms with Crippen molar-refractivity contribution in [3.8, 4) is 0 Å². The second kappa shape index (κ2) is 16.6. The summed E-state index contributed by atoms with van der Waals surface area (Å²) in [6.45, 7) is 5.15. The summed E-state index contributed by atoms with van der Waals surface area (Å²) in [5.74, 6) is -4.77. The SMILES string of the molecule is Cc1[nH]c2c([N+](=O)[O-])ccc(F)c2c1CC(N)C(=O)O.Cc1[nH]c2cccc(F)c2c1CC(N)C(=O)O.Cc1[nH]c2cccc(F)c2c1CC(N)C(=O)O. The summed E-state index contributed by atoms with van der Waals surface area (Å²) in [6, 6.07) is 8.23. The first-order valence-corrected chi connectivity index (χ1v) is 16.2. The molecular formula is C36H38F3N7O8. The fourth-order valence-electron chi connectivity index (χ4n) is 6.08. The van der Waals surface area contributed by atoms with Gasteiger partial charge < -0.3 is 47.5 Å². The Morgan fingerprint density at radius 2 is 0.981 bits per heavy atom. The van der Waals surface area contributed by atoms with E-state index in [0.717, 1.165) is 23.5 Å². The number of halogens is 3. The zero-order valence-corrected chi connectivity index (χ0v) is 29.2. The highest BCUT2D eigenvalue weighted by molar-refractivity contribution is 5.93. The first-order valence-electron chi connectivity index (χ1n) is 16.2. The lowest BCUT2D eigenvalue weighted by atomic mass is 10.0. The van der Waals surface area contributed by atoms with Gasteiger partial charge in [0.15, 0.2) is 0 Å². The van der Waals surface area contributed by atoms with Gasteiger partial charge in [-0.05, 0) is 67.8 Å². The Labute approximate surface area is 304 Å². The van der Waals surface area contributed by atoms with Crippen LogP contribution in [0.5, 0.6) is 0 Å². The van der Waals surface area contributed by atoms with Crippen molar-refractivity contribution in [2.24, 2.45) is 17.2 Å². The number of carboxylic acid groups (broad SMARTS) is 3. The molecule has 3 aromatic heterocycles. The Kier molecular flexibility index (Phi) is 12.5. The molecule has 0 bridgehead atoms. The Balaban J connectivity index is 0.000000181. The maximum absolute atomic E-state index is 13.9. The van der Waals surface area contributed by atoms with Gasteiger partial charge in [-0.25, -0.2) is 13.2 Å². The van der Waals surface area contributed by atoms with Crippen LogP contribution >= 0.6 is 0 Å². The molecule has 0 aliphatic carbocycles. The number of carbonyl (C=O) groups is 3. The molecule has 0 saturated heterocycles. The molecule has 286 valence electrons. The molecule has 12 N–H and O–H groups in total. The highest BCUT2D eigenvalue weighted by Crippen LogP contribution is 2.32. The zero-order valence-electron chi connectivity index (χ0n) is 29.2. The number of hydrogen-bond donors (Lipinski definition) is 9. The number of rotatable bonds is 10. The van der Waals surface area contributed by atoms with Crippen LogP contribution in [0.3, 0.4) is 0 Å². The van der Waals surface area contributed by atoms with Crippen molar-refractivity contribution in [2.75, 3.05) is 0 Å². The quantitative estimate of drug-likeness (QED) is 0.0687. The maximum atomic E-state index is 13.9. The normalized spacial score (nSPS) is 12.8. The van der Waals surface area contributed by atoms with E-state index in [-0.39, 0.29) is 47.5 Å². The monoisotopic (exact) mass is 753 g/mol. The van der Waals surface area contributed by atoms with Crippen LogP contribution in [0, 0.1) is 48.3 Å². The molecule has 3 unspecified atom stereocenters. The average molecular weight is 754 g/mol. The van der Waals surface area contributed by atoms with Crippen LogP contribution in [0.2, 0.25) is 0 Å². The summed E-state index contributed by atoms with van der Waals surface area (Å²) in [5.41, 5.74) is 21.1. The van der Waals surface area contributed by atoms with E-state index >= 15 is 0 Å². The molecule has 6 aromatic rings. The Hall–Kier alpha value is -6.24. The van der Waals surface area contributed by atoms with E-state index in [2.05, 4.69) is 15.0 Å². The lowest BCUT2D eigenvalue weighted by Crippen LogP contribution is -2.32. The number of nitrogens with two attached hydrogens (primary N) is 3. The number of aromatic nitrogens is 3. The molecule has 54 heavy (non-hydrogen) atoms. The van der Waals surface area contributed by atoms with E-state index in [0.29, 0.717) is 44.2 Å². The van der Waals surface area contributed by atoms with E-state index in [9.17, 15) is 37.7 Å². The van der Waals surface area contributed by atoms with Crippen LogP contribution in [-0.2, 0) is 33.6 Å². The third-order valence-electron chi connectivity index (χ3n) is 8.80. The smallest absolute Gasteiger partial charge is 0.320 e. The molecular weight excluding hydrogens is 715 g/mol. The summed E-state index contributed by atoms with van der Waals surface area (Å²) in [4.78, 5) is 51.3. The van der Waals surface area contributed by atoms with Crippen molar-refractivity contribution in [1.82, 2.24) is 15.0 Å². The predicted octanol–water partition coefficient (Wildman–Crippen LogP) is 4.62. The summed E-state index contributed by atoms with van der Waals surface area (Å²) >= 11 is 0. The molecule has 18 heteroatoms. The van der Waals surface area contributed by atoms with E-state index in [4.69, 9.17) is 32.5 Å². The van der Waals surface area contributed by atoms with E-state index in [1.807, 2.05) is 0 Å². The van der Waals surface area contributed by atoms with Gasteiger partial charge in [-0.15, -0.1) is 0 Å². The van der Waals surface area contributed by atoms with Crippen molar-refractivity contribution in [3.05, 3.63) is 110 Å². The van der Waals surface area contributed by atoms with E-state index < -0.39 is 46.8 Å². The number of aryl methyl sites for hydroxylation is 3. The fraction of sp³-hybridized carbons (Fsp3) is 0.250. The molecule has 15 nitrogen and oxygen atoms in total. The number of nitro groups is 1. The van der Waals surface area contributed by atoms with Crippen molar-refractivity contribution in [1.29, 1.82) is 0 Å². The largest absolute Gasteiger partial charge is 0.480 e. The van der Waals surface area contributed by atoms with Gasteiger partial charge in [-0.3, -0.25) is 24.5 Å². The second-order valence-electron chi connectivity index (χ2n) is 12.5. The Morgan fingerprint density at radius 1 is 0.630 bits per heavy atom. The number of fused-ring (bicyclic) bond motifs is 3. The highest BCUT2D eigenvalue weighted by Gasteiger charge is 2.24. The minimum absolute atomic E-state index is 0.0217. The van der Waals surface area contributed by atoms with Gasteiger partial charge in [0.25, 0.3) is 5.69 Å². The van der Waals surface area contributed by atoms with Gasteiger partial charge in [0, 0.05) is 69.6 Å².